The summed E-state index contributed by atoms with van der Waals surface area (Å²) in [6, 6.07) is 16.6. The lowest BCUT2D eigenvalue weighted by atomic mass is 9.84. The molecule has 6 heteroatoms. The van der Waals surface area contributed by atoms with E-state index >= 15 is 0 Å². The lowest BCUT2D eigenvalue weighted by molar-refractivity contribution is -0.00309. The Morgan fingerprint density at radius 1 is 0.839 bits per heavy atom. The normalized spacial score (nSPS) is 13.7. The Hall–Kier alpha value is -2.96. The van der Waals surface area contributed by atoms with Crippen LogP contribution < -0.4 is 0 Å². The number of carboxylic acid groups (broad SMARTS) is 2. The largest absolute Gasteiger partial charge is 0.478 e. The third-order valence-electron chi connectivity index (χ3n) is 4.78. The van der Waals surface area contributed by atoms with E-state index in [9.17, 15) is 19.8 Å². The average molecular weight is 431 g/mol. The molecule has 0 aliphatic rings. The van der Waals surface area contributed by atoms with Gasteiger partial charge in [0, 0.05) is 11.8 Å². The quantitative estimate of drug-likeness (QED) is 0.450. The van der Waals surface area contributed by atoms with Crippen LogP contribution in [0.3, 0.4) is 0 Å². The lowest BCUT2D eigenvalue weighted by Crippen LogP contribution is -2.34. The summed E-state index contributed by atoms with van der Waals surface area (Å²) in [5.41, 5.74) is 0.662. The van der Waals surface area contributed by atoms with Gasteiger partial charge in [-0.05, 0) is 44.0 Å². The molecule has 31 heavy (non-hydrogen) atoms. The minimum atomic E-state index is -0.879. The molecule has 4 unspecified atom stereocenters. The summed E-state index contributed by atoms with van der Waals surface area (Å²) in [6.07, 6.45) is 2.52. The number of hydrogen-bond donors (Lipinski definition) is 4. The summed E-state index contributed by atoms with van der Waals surface area (Å²) in [4.78, 5) is 20.4. The summed E-state index contributed by atoms with van der Waals surface area (Å²) in [5.74, 6) is -1.70. The van der Waals surface area contributed by atoms with Gasteiger partial charge in [-0.3, -0.25) is 0 Å². The molecule has 170 valence electrons. The molecule has 0 aliphatic heterocycles. The number of hydrogen-bond acceptors (Lipinski definition) is 4. The molecule has 4 N–H and O–H groups in total. The van der Waals surface area contributed by atoms with Crippen molar-refractivity contribution in [1.29, 1.82) is 0 Å². The van der Waals surface area contributed by atoms with Crippen LogP contribution in [0.4, 0.5) is 0 Å². The van der Waals surface area contributed by atoms with E-state index in [0.717, 1.165) is 12.8 Å². The Balaban J connectivity index is 0.000000445. The first kappa shape index (κ1) is 28.0. The monoisotopic (exact) mass is 430 g/mol. The second-order valence-electron chi connectivity index (χ2n) is 6.95. The molecule has 4 atom stereocenters. The second-order valence-corrected chi connectivity index (χ2v) is 6.95. The molecule has 0 saturated heterocycles. The molecule has 0 amide bonds. The Bertz CT molecular complexity index is 709. The molecule has 0 radical (unpaired) electrons. The van der Waals surface area contributed by atoms with E-state index in [-0.39, 0.29) is 11.8 Å². The molecule has 2 aromatic rings. The van der Waals surface area contributed by atoms with Gasteiger partial charge in [0.15, 0.2) is 0 Å². The van der Waals surface area contributed by atoms with Crippen LogP contribution in [0.5, 0.6) is 0 Å². The molecule has 0 spiro atoms. The van der Waals surface area contributed by atoms with Crippen molar-refractivity contribution in [2.75, 3.05) is 0 Å². The van der Waals surface area contributed by atoms with Gasteiger partial charge in [-0.2, -0.15) is 0 Å². The Kier molecular flexibility index (Phi) is 14.3. The maximum absolute atomic E-state index is 10.2. The molecule has 2 rings (SSSR count). The smallest absolute Gasteiger partial charge is 0.335 e. The number of aromatic carboxylic acids is 2. The van der Waals surface area contributed by atoms with Crippen molar-refractivity contribution in [2.24, 2.45) is 11.8 Å². The maximum Gasteiger partial charge on any atom is 0.335 e. The van der Waals surface area contributed by atoms with Crippen LogP contribution in [-0.4, -0.2) is 44.6 Å². The topological polar surface area (TPSA) is 115 Å². The van der Waals surface area contributed by atoms with E-state index < -0.39 is 24.1 Å². The number of rotatable bonds is 8. The summed E-state index contributed by atoms with van der Waals surface area (Å²) in [7, 11) is 0. The van der Waals surface area contributed by atoms with Gasteiger partial charge in [0.25, 0.3) is 0 Å². The Labute approximate surface area is 184 Å². The average Bonchev–Trinajstić information content (AvgIpc) is 2.77. The molecule has 0 aliphatic carbocycles. The van der Waals surface area contributed by atoms with Crippen molar-refractivity contribution >= 4 is 11.9 Å². The zero-order chi connectivity index (χ0) is 23.8. The molecule has 0 fully saturated rings. The highest BCUT2D eigenvalue weighted by Crippen LogP contribution is 2.23. The van der Waals surface area contributed by atoms with Crippen LogP contribution in [0.25, 0.3) is 0 Å². The zero-order valence-corrected chi connectivity index (χ0v) is 18.4. The lowest BCUT2D eigenvalue weighted by Gasteiger charge is -2.28. The van der Waals surface area contributed by atoms with E-state index in [4.69, 9.17) is 10.2 Å². The van der Waals surface area contributed by atoms with Gasteiger partial charge in [-0.15, -0.1) is 6.58 Å². The van der Waals surface area contributed by atoms with Gasteiger partial charge < -0.3 is 20.4 Å². The van der Waals surface area contributed by atoms with Gasteiger partial charge in [0.1, 0.15) is 0 Å². The minimum absolute atomic E-state index is 0.0389. The van der Waals surface area contributed by atoms with Crippen LogP contribution in [0, 0.1) is 11.8 Å². The summed E-state index contributed by atoms with van der Waals surface area (Å²) in [5, 5.41) is 36.1. The van der Waals surface area contributed by atoms with E-state index in [2.05, 4.69) is 6.58 Å². The summed E-state index contributed by atoms with van der Waals surface area (Å²) in [6.45, 7) is 9.42. The number of aliphatic hydroxyl groups excluding tert-OH is 2. The molecular formula is C25H34O6. The SMILES string of the molecule is C=CC(CC)C(O)C(CC)C(C)O.O=C(O)c1ccccc1.O=C(O)c1ccccc1. The van der Waals surface area contributed by atoms with E-state index in [1.807, 2.05) is 13.8 Å². The van der Waals surface area contributed by atoms with Crippen molar-refractivity contribution in [2.45, 2.75) is 45.8 Å². The van der Waals surface area contributed by atoms with Gasteiger partial charge in [0.2, 0.25) is 0 Å². The number of carboxylic acids is 2. The number of carbonyl (C=O) groups is 2. The highest BCUT2D eigenvalue weighted by atomic mass is 16.4. The first-order chi connectivity index (χ1) is 14.7. The first-order valence-corrected chi connectivity index (χ1v) is 10.2. The Morgan fingerprint density at radius 2 is 1.23 bits per heavy atom. The van der Waals surface area contributed by atoms with E-state index in [1.165, 1.54) is 0 Å². The van der Waals surface area contributed by atoms with Crippen LogP contribution in [0.2, 0.25) is 0 Å². The fraction of sp³-hybridized carbons (Fsp3) is 0.360. The van der Waals surface area contributed by atoms with Gasteiger partial charge in [-0.1, -0.05) is 56.3 Å². The van der Waals surface area contributed by atoms with Crippen molar-refractivity contribution in [3.63, 3.8) is 0 Å². The third-order valence-corrected chi connectivity index (χ3v) is 4.78. The standard InChI is InChI=1S/C11H22O2.2C7H6O2/c1-5-9(6-2)11(13)10(7-3)8(4)12;2*8-7(9)6-4-2-1-3-5-6/h5,8-13H,1,6-7H2,2-4H3;2*1-5H,(H,8,9). The Morgan fingerprint density at radius 3 is 1.42 bits per heavy atom. The van der Waals surface area contributed by atoms with Crippen LogP contribution in [-0.2, 0) is 0 Å². The van der Waals surface area contributed by atoms with Crippen LogP contribution in [0.15, 0.2) is 73.3 Å². The number of benzene rings is 2. The second kappa shape index (κ2) is 15.8. The van der Waals surface area contributed by atoms with Gasteiger partial charge >= 0.3 is 11.9 Å². The molecular weight excluding hydrogens is 396 g/mol. The molecule has 0 heterocycles. The van der Waals surface area contributed by atoms with Crippen molar-refractivity contribution in [1.82, 2.24) is 0 Å². The van der Waals surface area contributed by atoms with E-state index in [0.29, 0.717) is 11.1 Å². The van der Waals surface area contributed by atoms with Crippen molar-refractivity contribution in [3.05, 3.63) is 84.4 Å². The number of aliphatic hydroxyl groups is 2. The molecule has 0 aromatic heterocycles. The summed E-state index contributed by atoms with van der Waals surface area (Å²) < 4.78 is 0. The fourth-order valence-corrected chi connectivity index (χ4v) is 2.89. The zero-order valence-electron chi connectivity index (χ0n) is 18.4. The predicted molar refractivity (Wildman–Crippen MR) is 122 cm³/mol. The molecule has 0 saturated carbocycles. The van der Waals surface area contributed by atoms with E-state index in [1.54, 1.807) is 73.7 Å². The predicted octanol–water partition coefficient (Wildman–Crippen LogP) is 4.74. The highest BCUT2D eigenvalue weighted by Gasteiger charge is 2.26. The maximum atomic E-state index is 10.2. The van der Waals surface area contributed by atoms with Crippen LogP contribution >= 0.6 is 0 Å². The van der Waals surface area contributed by atoms with Crippen LogP contribution in [0.1, 0.15) is 54.3 Å². The molecule has 2 aromatic carbocycles. The van der Waals surface area contributed by atoms with Crippen molar-refractivity contribution < 1.29 is 30.0 Å². The fourth-order valence-electron chi connectivity index (χ4n) is 2.89. The van der Waals surface area contributed by atoms with Gasteiger partial charge in [0.05, 0.1) is 23.3 Å². The third kappa shape index (κ3) is 11.1. The van der Waals surface area contributed by atoms with Gasteiger partial charge in [-0.25, -0.2) is 9.59 Å². The highest BCUT2D eigenvalue weighted by molar-refractivity contribution is 5.87. The molecule has 6 nitrogen and oxygen atoms in total. The summed E-state index contributed by atoms with van der Waals surface area (Å²) >= 11 is 0. The van der Waals surface area contributed by atoms with Crippen molar-refractivity contribution in [3.8, 4) is 0 Å². The molecule has 0 bridgehead atoms. The first-order valence-electron chi connectivity index (χ1n) is 10.2. The minimum Gasteiger partial charge on any atom is -0.478 e.